The quantitative estimate of drug-likeness (QED) is 0.838. The molecule has 1 saturated heterocycles. The van der Waals surface area contributed by atoms with Crippen molar-refractivity contribution in [3.63, 3.8) is 0 Å². The van der Waals surface area contributed by atoms with Crippen molar-refractivity contribution in [3.8, 4) is 0 Å². The lowest BCUT2D eigenvalue weighted by Crippen LogP contribution is -2.34. The van der Waals surface area contributed by atoms with Crippen LogP contribution in [-0.4, -0.2) is 43.6 Å². The van der Waals surface area contributed by atoms with Crippen molar-refractivity contribution in [1.29, 1.82) is 0 Å². The second-order valence-electron chi connectivity index (χ2n) is 6.43. The van der Waals surface area contributed by atoms with Gasteiger partial charge in [0.15, 0.2) is 0 Å². The number of amides is 3. The number of cyclic esters (lactones) is 1. The monoisotopic (exact) mass is 363 g/mol. The summed E-state index contributed by atoms with van der Waals surface area (Å²) in [4.78, 5) is 38.4. The lowest BCUT2D eigenvalue weighted by Gasteiger charge is -2.19. The van der Waals surface area contributed by atoms with Crippen molar-refractivity contribution in [1.82, 2.24) is 5.32 Å². The third-order valence-electron chi connectivity index (χ3n) is 4.52. The van der Waals surface area contributed by atoms with Gasteiger partial charge in [0.1, 0.15) is 11.9 Å². The Labute approximate surface area is 151 Å². The van der Waals surface area contributed by atoms with Crippen LogP contribution in [0.2, 0.25) is 0 Å². The number of benzene rings is 1. The number of carbonyl (C=O) groups is 3. The summed E-state index contributed by atoms with van der Waals surface area (Å²) >= 11 is 0. The number of carbonyl (C=O) groups excluding carboxylic acids is 3. The largest absolute Gasteiger partial charge is 0.442 e. The predicted octanol–water partition coefficient (Wildman–Crippen LogP) is 1.98. The fourth-order valence-electron chi connectivity index (χ4n) is 3.27. The first-order chi connectivity index (χ1) is 12.4. The third kappa shape index (κ3) is 3.36. The summed E-state index contributed by atoms with van der Waals surface area (Å²) in [5.74, 6) is -0.785. The predicted molar refractivity (Wildman–Crippen MR) is 93.7 cm³/mol. The Morgan fingerprint density at radius 2 is 2.12 bits per heavy atom. The average molecular weight is 363 g/mol. The number of hydrogen-bond acceptors (Lipinski definition) is 4. The van der Waals surface area contributed by atoms with Crippen molar-refractivity contribution in [2.45, 2.75) is 39.2 Å². The summed E-state index contributed by atoms with van der Waals surface area (Å²) in [5.41, 5.74) is 1.25. The van der Waals surface area contributed by atoms with Crippen molar-refractivity contribution in [3.05, 3.63) is 23.5 Å². The van der Waals surface area contributed by atoms with Gasteiger partial charge in [-0.1, -0.05) is 13.8 Å². The molecule has 26 heavy (non-hydrogen) atoms. The number of hydrogen-bond donors (Lipinski definition) is 1. The Kier molecular flexibility index (Phi) is 5.11. The van der Waals surface area contributed by atoms with E-state index in [2.05, 4.69) is 5.32 Å². The maximum atomic E-state index is 14.6. The molecule has 0 saturated carbocycles. The van der Waals surface area contributed by atoms with Gasteiger partial charge in [-0.05, 0) is 24.1 Å². The molecule has 1 N–H and O–H groups in total. The van der Waals surface area contributed by atoms with Gasteiger partial charge in [-0.15, -0.1) is 0 Å². The van der Waals surface area contributed by atoms with Crippen LogP contribution in [0, 0.1) is 5.82 Å². The highest BCUT2D eigenvalue weighted by molar-refractivity contribution is 6.02. The van der Waals surface area contributed by atoms with Crippen molar-refractivity contribution < 1.29 is 23.5 Å². The van der Waals surface area contributed by atoms with Crippen molar-refractivity contribution in [2.75, 3.05) is 29.4 Å². The molecule has 1 aromatic rings. The molecular weight excluding hydrogens is 341 g/mol. The summed E-state index contributed by atoms with van der Waals surface area (Å²) in [6.07, 6.45) is 0.125. The van der Waals surface area contributed by atoms with Crippen LogP contribution < -0.4 is 15.1 Å². The maximum Gasteiger partial charge on any atom is 0.414 e. The maximum absolute atomic E-state index is 14.6. The summed E-state index contributed by atoms with van der Waals surface area (Å²) in [6, 6.07) is 2.93. The Balaban J connectivity index is 1.78. The lowest BCUT2D eigenvalue weighted by atomic mass is 10.1. The van der Waals surface area contributed by atoms with Crippen molar-refractivity contribution >= 4 is 29.3 Å². The van der Waals surface area contributed by atoms with Crippen LogP contribution >= 0.6 is 0 Å². The Bertz CT molecular complexity index is 752. The molecule has 1 fully saturated rings. The van der Waals surface area contributed by atoms with Gasteiger partial charge in [-0.25, -0.2) is 9.18 Å². The third-order valence-corrected chi connectivity index (χ3v) is 4.52. The standard InChI is InChI=1S/C18H22FN3O4/c1-3-5-21-16(24)7-11-6-12(8-14(19)17(11)21)22-10-13(26-18(22)25)9-20-15(23)4-2/h6,8,13H,3-5,7,9-10H2,1-2H3,(H,20,23). The van der Waals surface area contributed by atoms with Gasteiger partial charge in [0.05, 0.1) is 30.9 Å². The minimum Gasteiger partial charge on any atom is -0.442 e. The molecule has 2 aliphatic heterocycles. The highest BCUT2D eigenvalue weighted by Crippen LogP contribution is 2.36. The van der Waals surface area contributed by atoms with Crippen LogP contribution in [0.5, 0.6) is 0 Å². The summed E-state index contributed by atoms with van der Waals surface area (Å²) in [7, 11) is 0. The van der Waals surface area contributed by atoms with E-state index >= 15 is 0 Å². The van der Waals surface area contributed by atoms with Gasteiger partial charge < -0.3 is 15.0 Å². The molecule has 7 nitrogen and oxygen atoms in total. The number of fused-ring (bicyclic) bond motifs is 1. The van der Waals surface area contributed by atoms with Gasteiger partial charge in [-0.2, -0.15) is 0 Å². The van der Waals surface area contributed by atoms with E-state index in [1.807, 2.05) is 6.92 Å². The number of halogens is 1. The molecule has 3 rings (SSSR count). The summed E-state index contributed by atoms with van der Waals surface area (Å²) in [6.45, 7) is 4.56. The van der Waals surface area contributed by atoms with Crippen LogP contribution in [0.3, 0.4) is 0 Å². The first-order valence-corrected chi connectivity index (χ1v) is 8.82. The minimum atomic E-state index is -0.588. The number of rotatable bonds is 6. The van der Waals surface area contributed by atoms with Gasteiger partial charge in [0.25, 0.3) is 0 Å². The number of nitrogens with one attached hydrogen (secondary N) is 1. The first kappa shape index (κ1) is 18.2. The van der Waals surface area contributed by atoms with E-state index in [4.69, 9.17) is 4.74 Å². The molecule has 1 atom stereocenters. The number of nitrogens with zero attached hydrogens (tertiary/aromatic N) is 2. The molecular formula is C18H22FN3O4. The lowest BCUT2D eigenvalue weighted by molar-refractivity contribution is -0.121. The average Bonchev–Trinajstić information content (AvgIpc) is 3.13. The molecule has 0 aromatic heterocycles. The van der Waals surface area contributed by atoms with E-state index in [0.29, 0.717) is 29.9 Å². The number of anilines is 2. The zero-order chi connectivity index (χ0) is 18.8. The highest BCUT2D eigenvalue weighted by atomic mass is 19.1. The molecule has 0 bridgehead atoms. The topological polar surface area (TPSA) is 79.0 Å². The molecule has 0 aliphatic carbocycles. The molecule has 2 aliphatic rings. The SMILES string of the molecule is CCCN1C(=O)Cc2cc(N3CC(CNC(=O)CC)OC3=O)cc(F)c21. The molecule has 8 heteroatoms. The Morgan fingerprint density at radius 3 is 2.81 bits per heavy atom. The zero-order valence-corrected chi connectivity index (χ0v) is 14.9. The minimum absolute atomic E-state index is 0.124. The van der Waals surface area contributed by atoms with E-state index in [1.165, 1.54) is 15.9 Å². The van der Waals surface area contributed by atoms with Crippen molar-refractivity contribution in [2.24, 2.45) is 0 Å². The molecule has 1 unspecified atom stereocenters. The molecule has 0 radical (unpaired) electrons. The molecule has 140 valence electrons. The van der Waals surface area contributed by atoms with Gasteiger partial charge in [0.2, 0.25) is 11.8 Å². The normalized spacial score (nSPS) is 19.0. The fourth-order valence-corrected chi connectivity index (χ4v) is 3.27. The highest BCUT2D eigenvalue weighted by Gasteiger charge is 2.35. The van der Waals surface area contributed by atoms with Crippen LogP contribution in [0.25, 0.3) is 0 Å². The molecule has 3 amide bonds. The van der Waals surface area contributed by atoms with Gasteiger partial charge in [0, 0.05) is 13.0 Å². The van der Waals surface area contributed by atoms with Gasteiger partial charge >= 0.3 is 6.09 Å². The number of ether oxygens (including phenoxy) is 1. The van der Waals surface area contributed by atoms with Crippen LogP contribution in [0.1, 0.15) is 32.3 Å². The second kappa shape index (κ2) is 7.31. The molecule has 1 aromatic carbocycles. The Hall–Kier alpha value is -2.64. The first-order valence-electron chi connectivity index (χ1n) is 8.82. The molecule has 0 spiro atoms. The second-order valence-corrected chi connectivity index (χ2v) is 6.43. The fraction of sp³-hybridized carbons (Fsp3) is 0.500. The van der Waals surface area contributed by atoms with E-state index in [9.17, 15) is 18.8 Å². The van der Waals surface area contributed by atoms with Crippen LogP contribution in [-0.2, 0) is 20.7 Å². The summed E-state index contributed by atoms with van der Waals surface area (Å²) < 4.78 is 19.9. The molecule has 2 heterocycles. The van der Waals surface area contributed by atoms with Gasteiger partial charge in [-0.3, -0.25) is 14.5 Å². The van der Waals surface area contributed by atoms with E-state index in [0.717, 1.165) is 6.42 Å². The van der Waals surface area contributed by atoms with E-state index in [-0.39, 0.29) is 31.3 Å². The van der Waals surface area contributed by atoms with Crippen LogP contribution in [0.15, 0.2) is 12.1 Å². The summed E-state index contributed by atoms with van der Waals surface area (Å²) in [5, 5.41) is 2.68. The van der Waals surface area contributed by atoms with Crippen LogP contribution in [0.4, 0.5) is 20.6 Å². The van der Waals surface area contributed by atoms with E-state index < -0.39 is 18.0 Å². The Morgan fingerprint density at radius 1 is 1.35 bits per heavy atom. The zero-order valence-electron chi connectivity index (χ0n) is 14.9. The van der Waals surface area contributed by atoms with E-state index in [1.54, 1.807) is 13.0 Å². The smallest absolute Gasteiger partial charge is 0.414 e.